The van der Waals surface area contributed by atoms with Crippen LogP contribution in [0.4, 0.5) is 5.95 Å². The molecule has 0 bridgehead atoms. The third-order valence-corrected chi connectivity index (χ3v) is 2.24. The number of nitrogens with zero attached hydrogens (tertiary/aromatic N) is 3. The van der Waals surface area contributed by atoms with Crippen molar-refractivity contribution in [1.29, 1.82) is 0 Å². The zero-order valence-electron chi connectivity index (χ0n) is 9.27. The lowest BCUT2D eigenvalue weighted by Crippen LogP contribution is -2.25. The molecule has 0 amide bonds. The zero-order chi connectivity index (χ0) is 11.3. The topological polar surface area (TPSA) is 38.2 Å². The van der Waals surface area contributed by atoms with Crippen molar-refractivity contribution in [2.24, 2.45) is 0 Å². The van der Waals surface area contributed by atoms with Gasteiger partial charge in [-0.05, 0) is 29.8 Å². The maximum absolute atomic E-state index is 5.45. The van der Waals surface area contributed by atoms with Gasteiger partial charge in [-0.3, -0.25) is 0 Å². The van der Waals surface area contributed by atoms with Crippen molar-refractivity contribution in [3.63, 3.8) is 0 Å². The molecular formula is C10H16BrN3O. The molecule has 4 nitrogen and oxygen atoms in total. The van der Waals surface area contributed by atoms with Gasteiger partial charge in [-0.15, -0.1) is 0 Å². The summed E-state index contributed by atoms with van der Waals surface area (Å²) in [4.78, 5) is 10.3. The number of anilines is 1. The summed E-state index contributed by atoms with van der Waals surface area (Å²) in [5.74, 6) is 0.713. The van der Waals surface area contributed by atoms with Crippen LogP contribution in [0.15, 0.2) is 16.9 Å². The summed E-state index contributed by atoms with van der Waals surface area (Å²) in [6.45, 7) is 5.53. The van der Waals surface area contributed by atoms with Gasteiger partial charge in [0.25, 0.3) is 0 Å². The van der Waals surface area contributed by atoms with Crippen molar-refractivity contribution < 1.29 is 4.74 Å². The van der Waals surface area contributed by atoms with E-state index in [2.05, 4.69) is 25.9 Å². The molecule has 0 saturated heterocycles. The minimum Gasteiger partial charge on any atom is -0.377 e. The second kappa shape index (κ2) is 6.02. The Morgan fingerprint density at radius 3 is 2.53 bits per heavy atom. The van der Waals surface area contributed by atoms with Gasteiger partial charge in [0.1, 0.15) is 0 Å². The van der Waals surface area contributed by atoms with Crippen molar-refractivity contribution >= 4 is 21.9 Å². The Kier molecular flexibility index (Phi) is 4.98. The molecule has 84 valence electrons. The fourth-order valence-corrected chi connectivity index (χ4v) is 1.23. The smallest absolute Gasteiger partial charge is 0.225 e. The predicted octanol–water partition coefficient (Wildman–Crippen LogP) is 2.10. The molecule has 0 saturated carbocycles. The van der Waals surface area contributed by atoms with Gasteiger partial charge in [0.05, 0.1) is 17.2 Å². The Balaban J connectivity index is 2.40. The number of rotatable bonds is 5. The average Bonchev–Trinajstić information content (AvgIpc) is 2.18. The lowest BCUT2D eigenvalue weighted by atomic mass is 10.5. The van der Waals surface area contributed by atoms with Crippen LogP contribution in [0, 0.1) is 0 Å². The van der Waals surface area contributed by atoms with E-state index in [1.165, 1.54) is 0 Å². The summed E-state index contributed by atoms with van der Waals surface area (Å²) >= 11 is 3.30. The second-order valence-corrected chi connectivity index (χ2v) is 4.46. The fourth-order valence-electron chi connectivity index (χ4n) is 1.03. The summed E-state index contributed by atoms with van der Waals surface area (Å²) in [5.41, 5.74) is 0. The normalized spacial score (nSPS) is 10.7. The molecule has 0 N–H and O–H groups in total. The predicted molar refractivity (Wildman–Crippen MR) is 64.1 cm³/mol. The Hall–Kier alpha value is -0.680. The Morgan fingerprint density at radius 1 is 1.40 bits per heavy atom. The van der Waals surface area contributed by atoms with Gasteiger partial charge in [-0.2, -0.15) is 0 Å². The van der Waals surface area contributed by atoms with E-state index >= 15 is 0 Å². The molecule has 1 aromatic heterocycles. The largest absolute Gasteiger partial charge is 0.377 e. The van der Waals surface area contributed by atoms with Crippen molar-refractivity contribution in [3.05, 3.63) is 16.9 Å². The highest BCUT2D eigenvalue weighted by molar-refractivity contribution is 9.10. The SMILES string of the molecule is CC(C)OCCN(C)c1ncc(Br)cn1. The first-order chi connectivity index (χ1) is 7.09. The average molecular weight is 274 g/mol. The summed E-state index contributed by atoms with van der Waals surface area (Å²) in [6.07, 6.45) is 3.74. The number of hydrogen-bond acceptors (Lipinski definition) is 4. The first-order valence-electron chi connectivity index (χ1n) is 4.90. The van der Waals surface area contributed by atoms with E-state index in [4.69, 9.17) is 4.74 Å². The molecule has 0 atom stereocenters. The van der Waals surface area contributed by atoms with Crippen LogP contribution in [0.2, 0.25) is 0 Å². The van der Waals surface area contributed by atoms with Crippen LogP contribution in [0.5, 0.6) is 0 Å². The summed E-state index contributed by atoms with van der Waals surface area (Å²) in [5, 5.41) is 0. The van der Waals surface area contributed by atoms with E-state index < -0.39 is 0 Å². The van der Waals surface area contributed by atoms with Crippen LogP contribution in [-0.2, 0) is 4.74 Å². The molecule has 0 aliphatic rings. The van der Waals surface area contributed by atoms with E-state index in [0.29, 0.717) is 12.6 Å². The molecule has 15 heavy (non-hydrogen) atoms. The first kappa shape index (κ1) is 12.4. The monoisotopic (exact) mass is 273 g/mol. The maximum Gasteiger partial charge on any atom is 0.225 e. The van der Waals surface area contributed by atoms with E-state index in [-0.39, 0.29) is 6.10 Å². The fraction of sp³-hybridized carbons (Fsp3) is 0.600. The summed E-state index contributed by atoms with van der Waals surface area (Å²) in [7, 11) is 1.95. The van der Waals surface area contributed by atoms with Gasteiger partial charge in [0, 0.05) is 26.0 Å². The Labute approximate surface area is 98.8 Å². The first-order valence-corrected chi connectivity index (χ1v) is 5.69. The molecule has 0 spiro atoms. The lowest BCUT2D eigenvalue weighted by molar-refractivity contribution is 0.0844. The van der Waals surface area contributed by atoms with Gasteiger partial charge < -0.3 is 9.64 Å². The number of likely N-dealkylation sites (N-methyl/N-ethyl adjacent to an activating group) is 1. The number of halogens is 1. The van der Waals surface area contributed by atoms with E-state index in [1.807, 2.05) is 25.8 Å². The molecule has 0 unspecified atom stereocenters. The maximum atomic E-state index is 5.45. The molecule has 1 rings (SSSR count). The minimum absolute atomic E-state index is 0.268. The number of ether oxygens (including phenoxy) is 1. The van der Waals surface area contributed by atoms with Gasteiger partial charge >= 0.3 is 0 Å². The Morgan fingerprint density at radius 2 is 2.00 bits per heavy atom. The molecule has 0 fully saturated rings. The molecule has 1 aromatic rings. The van der Waals surface area contributed by atoms with Gasteiger partial charge in [0.15, 0.2) is 0 Å². The standard InChI is InChI=1S/C10H16BrN3O/c1-8(2)15-5-4-14(3)10-12-6-9(11)7-13-10/h6-8H,4-5H2,1-3H3. The quantitative estimate of drug-likeness (QED) is 0.824. The third-order valence-electron chi connectivity index (χ3n) is 1.83. The molecule has 0 radical (unpaired) electrons. The van der Waals surface area contributed by atoms with Crippen LogP contribution in [0.1, 0.15) is 13.8 Å². The second-order valence-electron chi connectivity index (χ2n) is 3.54. The Bertz CT molecular complexity index is 289. The number of hydrogen-bond donors (Lipinski definition) is 0. The lowest BCUT2D eigenvalue weighted by Gasteiger charge is -2.17. The third kappa shape index (κ3) is 4.57. The summed E-state index contributed by atoms with van der Waals surface area (Å²) in [6, 6.07) is 0. The van der Waals surface area contributed by atoms with E-state index in [9.17, 15) is 0 Å². The van der Waals surface area contributed by atoms with E-state index in [1.54, 1.807) is 12.4 Å². The van der Waals surface area contributed by atoms with Crippen molar-refractivity contribution in [2.75, 3.05) is 25.1 Å². The molecule has 0 aromatic carbocycles. The molecule has 1 heterocycles. The van der Waals surface area contributed by atoms with Crippen molar-refractivity contribution in [3.8, 4) is 0 Å². The highest BCUT2D eigenvalue weighted by atomic mass is 79.9. The van der Waals surface area contributed by atoms with Crippen molar-refractivity contribution in [2.45, 2.75) is 20.0 Å². The molecule has 0 aliphatic heterocycles. The van der Waals surface area contributed by atoms with Crippen LogP contribution in [0.25, 0.3) is 0 Å². The molecule has 0 aliphatic carbocycles. The van der Waals surface area contributed by atoms with Gasteiger partial charge in [0.2, 0.25) is 5.95 Å². The highest BCUT2D eigenvalue weighted by Crippen LogP contribution is 2.09. The van der Waals surface area contributed by atoms with Gasteiger partial charge in [-0.1, -0.05) is 0 Å². The minimum atomic E-state index is 0.268. The van der Waals surface area contributed by atoms with Crippen LogP contribution < -0.4 is 4.90 Å². The van der Waals surface area contributed by atoms with Crippen LogP contribution >= 0.6 is 15.9 Å². The molecular weight excluding hydrogens is 258 g/mol. The summed E-state index contributed by atoms with van der Waals surface area (Å²) < 4.78 is 6.34. The van der Waals surface area contributed by atoms with Crippen LogP contribution in [0.3, 0.4) is 0 Å². The van der Waals surface area contributed by atoms with Crippen LogP contribution in [-0.4, -0.2) is 36.3 Å². The zero-order valence-corrected chi connectivity index (χ0v) is 10.9. The van der Waals surface area contributed by atoms with Crippen molar-refractivity contribution in [1.82, 2.24) is 9.97 Å². The van der Waals surface area contributed by atoms with Gasteiger partial charge in [-0.25, -0.2) is 9.97 Å². The highest BCUT2D eigenvalue weighted by Gasteiger charge is 2.03. The molecule has 5 heteroatoms. The van der Waals surface area contributed by atoms with E-state index in [0.717, 1.165) is 11.0 Å². The number of aromatic nitrogens is 2.